The molecule has 0 aromatic heterocycles. The minimum atomic E-state index is -4.20. The van der Waals surface area contributed by atoms with Crippen molar-refractivity contribution in [3.05, 3.63) is 42.5 Å². The molecule has 0 aliphatic heterocycles. The van der Waals surface area contributed by atoms with Crippen LogP contribution in [0.3, 0.4) is 0 Å². The fourth-order valence-corrected chi connectivity index (χ4v) is 2.49. The van der Waals surface area contributed by atoms with Crippen LogP contribution in [0.2, 0.25) is 0 Å². The number of phosphoric ester groups is 1. The lowest BCUT2D eigenvalue weighted by atomic mass is 10.1. The van der Waals surface area contributed by atoms with Gasteiger partial charge in [0.2, 0.25) is 0 Å². The van der Waals surface area contributed by atoms with Crippen LogP contribution >= 0.6 is 7.82 Å². The molecule has 0 aliphatic carbocycles. The van der Waals surface area contributed by atoms with Gasteiger partial charge in [0.25, 0.3) is 0 Å². The van der Waals surface area contributed by atoms with Gasteiger partial charge in [-0.1, -0.05) is 60.8 Å². The van der Waals surface area contributed by atoms with Gasteiger partial charge in [-0.25, -0.2) is 4.57 Å². The van der Waals surface area contributed by atoms with Gasteiger partial charge in [0.1, 0.15) is 0 Å². The molecule has 0 amide bonds. The van der Waals surface area contributed by atoms with Crippen LogP contribution in [-0.2, 0) is 13.8 Å². The lowest BCUT2D eigenvalue weighted by Gasteiger charge is -2.12. The molecule has 21 heavy (non-hydrogen) atoms. The van der Waals surface area contributed by atoms with Crippen molar-refractivity contribution in [1.82, 2.24) is 0 Å². The van der Waals surface area contributed by atoms with Crippen molar-refractivity contribution in [3.8, 4) is 5.75 Å². The zero-order valence-electron chi connectivity index (χ0n) is 11.9. The summed E-state index contributed by atoms with van der Waals surface area (Å²) in [5, 5.41) is 1.75. The molecule has 2 rings (SSSR count). The first-order chi connectivity index (χ1) is 10.1. The number of unbranched alkanes of at least 4 members (excludes halogenated alkanes) is 2. The van der Waals surface area contributed by atoms with Crippen LogP contribution in [0, 0.1) is 0 Å². The first-order valence-corrected chi connectivity index (χ1v) is 8.43. The van der Waals surface area contributed by atoms with E-state index >= 15 is 0 Å². The maximum atomic E-state index is 11.7. The third-order valence-corrected chi connectivity index (χ3v) is 3.74. The first-order valence-electron chi connectivity index (χ1n) is 6.94. The van der Waals surface area contributed by atoms with Gasteiger partial charge in [-0.2, -0.15) is 0 Å². The average molecular weight is 310 g/mol. The number of phosphoric acid groups is 1. The Morgan fingerprint density at radius 1 is 1.10 bits per heavy atom. The topological polar surface area (TPSA) is 65.0 Å². The Labute approximate surface area is 124 Å². The van der Waals surface area contributed by atoms with Crippen molar-refractivity contribution < 1.29 is 23.5 Å². The van der Waals surface area contributed by atoms with E-state index in [1.54, 1.807) is 12.1 Å². The number of rotatable bonds is 8. The van der Waals surface area contributed by atoms with Crippen molar-refractivity contribution in [2.45, 2.75) is 26.2 Å². The Hall–Kier alpha value is -1.39. The molecule has 1 N–H and O–H groups in total. The first kappa shape index (κ1) is 16.0. The van der Waals surface area contributed by atoms with Crippen LogP contribution in [-0.4, -0.2) is 11.5 Å². The predicted molar refractivity (Wildman–Crippen MR) is 81.0 cm³/mol. The molecule has 0 aliphatic rings. The van der Waals surface area contributed by atoms with E-state index in [4.69, 9.17) is 9.41 Å². The van der Waals surface area contributed by atoms with Crippen molar-refractivity contribution in [1.29, 1.82) is 0 Å². The number of fused-ring (bicyclic) bond motifs is 1. The zero-order chi connectivity index (χ0) is 15.1. The molecule has 0 spiro atoms. The molecule has 6 heteroatoms. The van der Waals surface area contributed by atoms with Gasteiger partial charge in [-0.05, 0) is 17.9 Å². The quantitative estimate of drug-likeness (QED) is 0.337. The molecule has 1 atom stereocenters. The number of hydrogen-bond donors (Lipinski definition) is 1. The van der Waals surface area contributed by atoms with Crippen molar-refractivity contribution >= 4 is 18.6 Å². The third kappa shape index (κ3) is 4.83. The van der Waals surface area contributed by atoms with E-state index in [0.717, 1.165) is 23.6 Å². The van der Waals surface area contributed by atoms with Gasteiger partial charge in [0, 0.05) is 5.39 Å². The SMILES string of the molecule is CCCCCOP(=O)(O)OOc1cccc2ccccc12. The van der Waals surface area contributed by atoms with Crippen LogP contribution in [0.4, 0.5) is 0 Å². The summed E-state index contributed by atoms with van der Waals surface area (Å²) in [4.78, 5) is 14.5. The molecule has 0 heterocycles. The van der Waals surface area contributed by atoms with Crippen LogP contribution in [0.25, 0.3) is 10.8 Å². The monoisotopic (exact) mass is 310 g/mol. The second-order valence-corrected chi connectivity index (χ2v) is 5.99. The van der Waals surface area contributed by atoms with Crippen LogP contribution in [0.5, 0.6) is 5.75 Å². The highest BCUT2D eigenvalue weighted by molar-refractivity contribution is 7.47. The molecular formula is C15H19O5P. The summed E-state index contributed by atoms with van der Waals surface area (Å²) in [6.07, 6.45) is 2.65. The average Bonchev–Trinajstić information content (AvgIpc) is 2.50. The molecule has 2 aromatic rings. The molecule has 114 valence electrons. The Kier molecular flexibility index (Phi) is 5.76. The molecule has 0 saturated carbocycles. The van der Waals surface area contributed by atoms with Crippen molar-refractivity contribution in [2.24, 2.45) is 0 Å². The smallest absolute Gasteiger partial charge is 0.327 e. The largest absolute Gasteiger partial charge is 0.508 e. The maximum absolute atomic E-state index is 11.7. The molecule has 5 nitrogen and oxygen atoms in total. The molecule has 0 saturated heterocycles. The van der Waals surface area contributed by atoms with E-state index in [9.17, 15) is 9.46 Å². The van der Waals surface area contributed by atoms with Gasteiger partial charge in [0.15, 0.2) is 5.75 Å². The van der Waals surface area contributed by atoms with Crippen molar-refractivity contribution in [2.75, 3.05) is 6.61 Å². The van der Waals surface area contributed by atoms with Crippen LogP contribution in [0.1, 0.15) is 26.2 Å². The van der Waals surface area contributed by atoms with Gasteiger partial charge < -0.3 is 9.78 Å². The summed E-state index contributed by atoms with van der Waals surface area (Å²) in [5.41, 5.74) is 0. The van der Waals surface area contributed by atoms with Gasteiger partial charge in [-0.3, -0.25) is 4.52 Å². The van der Waals surface area contributed by atoms with E-state index in [-0.39, 0.29) is 6.61 Å². The van der Waals surface area contributed by atoms with Gasteiger partial charge in [-0.15, -0.1) is 0 Å². The Bertz CT molecular complexity index is 623. The molecule has 2 aromatic carbocycles. The molecule has 0 bridgehead atoms. The highest BCUT2D eigenvalue weighted by Crippen LogP contribution is 2.44. The lowest BCUT2D eigenvalue weighted by Crippen LogP contribution is -2.00. The van der Waals surface area contributed by atoms with Crippen molar-refractivity contribution in [3.63, 3.8) is 0 Å². The Morgan fingerprint density at radius 2 is 1.86 bits per heavy atom. The fourth-order valence-electron chi connectivity index (χ4n) is 1.91. The maximum Gasteiger partial charge on any atom is 0.508 e. The van der Waals surface area contributed by atoms with Crippen LogP contribution < -0.4 is 4.89 Å². The summed E-state index contributed by atoms with van der Waals surface area (Å²) in [7, 11) is -4.20. The molecule has 0 radical (unpaired) electrons. The molecule has 1 unspecified atom stereocenters. The van der Waals surface area contributed by atoms with Gasteiger partial charge in [0.05, 0.1) is 6.61 Å². The highest BCUT2D eigenvalue weighted by atomic mass is 31.2. The second-order valence-electron chi connectivity index (χ2n) is 4.64. The lowest BCUT2D eigenvalue weighted by molar-refractivity contribution is -0.126. The van der Waals surface area contributed by atoms with E-state index in [2.05, 4.69) is 4.67 Å². The highest BCUT2D eigenvalue weighted by Gasteiger charge is 2.23. The molecule has 0 fully saturated rings. The number of benzene rings is 2. The van der Waals surface area contributed by atoms with E-state index in [0.29, 0.717) is 12.2 Å². The Morgan fingerprint density at radius 3 is 2.67 bits per heavy atom. The Balaban J connectivity index is 1.96. The van der Waals surface area contributed by atoms with E-state index < -0.39 is 7.82 Å². The second kappa shape index (κ2) is 7.57. The number of hydrogen-bond acceptors (Lipinski definition) is 4. The third-order valence-electron chi connectivity index (χ3n) is 2.97. The zero-order valence-corrected chi connectivity index (χ0v) is 12.8. The standard InChI is InChI=1S/C15H19O5P/c1-2-3-6-12-18-21(16,17)20-19-15-11-7-9-13-8-4-5-10-14(13)15/h4-5,7-11H,2-3,6,12H2,1H3,(H,16,17). The summed E-state index contributed by atoms with van der Waals surface area (Å²) in [6, 6.07) is 12.9. The van der Waals surface area contributed by atoms with Gasteiger partial charge >= 0.3 is 7.82 Å². The summed E-state index contributed by atoms with van der Waals surface area (Å²) in [6.45, 7) is 2.21. The predicted octanol–water partition coefficient (Wildman–Crippen LogP) is 4.46. The normalized spacial score (nSPS) is 14.0. The fraction of sp³-hybridized carbons (Fsp3) is 0.333. The minimum Gasteiger partial charge on any atom is -0.327 e. The summed E-state index contributed by atoms with van der Waals surface area (Å²) < 4.78 is 21.1. The van der Waals surface area contributed by atoms with E-state index in [1.165, 1.54) is 0 Å². The van der Waals surface area contributed by atoms with Crippen LogP contribution in [0.15, 0.2) is 42.5 Å². The minimum absolute atomic E-state index is 0.167. The summed E-state index contributed by atoms with van der Waals surface area (Å²) in [5.74, 6) is 0.375. The van der Waals surface area contributed by atoms with E-state index in [1.807, 2.05) is 37.3 Å². The molecular weight excluding hydrogens is 291 g/mol. The summed E-state index contributed by atoms with van der Waals surface area (Å²) >= 11 is 0.